The van der Waals surface area contributed by atoms with Gasteiger partial charge in [0.25, 0.3) is 16.0 Å². The van der Waals surface area contributed by atoms with Gasteiger partial charge < -0.3 is 24.6 Å². The van der Waals surface area contributed by atoms with E-state index in [1.165, 1.54) is 11.3 Å². The Morgan fingerprint density at radius 2 is 1.73 bits per heavy atom. The van der Waals surface area contributed by atoms with Gasteiger partial charge in [0.2, 0.25) is 0 Å². The van der Waals surface area contributed by atoms with Crippen molar-refractivity contribution in [3.05, 3.63) is 71.7 Å². The number of anilines is 2. The summed E-state index contributed by atoms with van der Waals surface area (Å²) in [5, 5.41) is 21.8. The lowest BCUT2D eigenvalue weighted by molar-refractivity contribution is -0.247. The number of imidazole rings is 1. The van der Waals surface area contributed by atoms with Crippen LogP contribution in [0.25, 0.3) is 21.3 Å². The molecule has 0 spiro atoms. The van der Waals surface area contributed by atoms with Crippen molar-refractivity contribution in [3.8, 4) is 11.1 Å². The number of hydrogen-bond acceptors (Lipinski definition) is 12. The van der Waals surface area contributed by atoms with E-state index in [2.05, 4.69) is 34.4 Å². The first-order valence-corrected chi connectivity index (χ1v) is 22.5. The van der Waals surface area contributed by atoms with E-state index >= 15 is 0 Å². The third-order valence-corrected chi connectivity index (χ3v) is 14.5. The van der Waals surface area contributed by atoms with E-state index < -0.39 is 16.1 Å². The molecule has 0 radical (unpaired) electrons. The molecule has 10 rings (SSSR count). The van der Waals surface area contributed by atoms with Gasteiger partial charge in [-0.15, -0.1) is 0 Å². The second-order valence-electron chi connectivity index (χ2n) is 18.0. The monoisotopic (exact) mass is 843 g/mol. The molecule has 4 N–H and O–H groups in total. The normalized spacial score (nSPS) is 26.1. The van der Waals surface area contributed by atoms with Crippen LogP contribution in [-0.4, -0.2) is 96.8 Å². The molecule has 0 saturated heterocycles. The molecule has 2 atom stereocenters. The number of hydrogen-bond donors (Lipinski definition) is 4. The SMILES string of the molecule is Cc1c(-c2ccc(N3CCn4cnc(C(=O)Nc5nc6ccccc6s5)c4C3)nc2C(=O)O)cnn1CC12CC3(C)CC(C)(C1)CC(OCCNCCS(=O)(=O)O)(C3)C2. The van der Waals surface area contributed by atoms with Gasteiger partial charge in [0.1, 0.15) is 5.82 Å². The molecule has 5 aromatic rings. The number of amides is 1. The molecule has 5 heterocycles. The van der Waals surface area contributed by atoms with Crippen molar-refractivity contribution in [1.82, 2.24) is 34.6 Å². The fourth-order valence-corrected chi connectivity index (χ4v) is 13.0. The number of carbonyl (C=O) groups excluding carboxylic acids is 1. The number of ether oxygens (including phenoxy) is 1. The van der Waals surface area contributed by atoms with Gasteiger partial charge in [0, 0.05) is 49.5 Å². The van der Waals surface area contributed by atoms with Gasteiger partial charge in [-0.05, 0) is 86.0 Å². The van der Waals surface area contributed by atoms with E-state index in [-0.39, 0.29) is 51.4 Å². The summed E-state index contributed by atoms with van der Waals surface area (Å²) < 4.78 is 43.0. The average molecular weight is 844 g/mol. The Morgan fingerprint density at radius 3 is 2.47 bits per heavy atom. The summed E-state index contributed by atoms with van der Waals surface area (Å²) >= 11 is 1.40. The standard InChI is InChI=1S/C41H49N9O7S2/c1-26-28(16-44-50(26)24-40-19-38(2)18-39(3,20-40)22-41(21-38,23-40)57-14-10-42-11-15-59(54,55)56)27-8-9-32(46-33(27)36(52)53)48-12-13-49-25-43-34(30(49)17-48)35(51)47-37-45-29-6-4-5-7-31(29)58-37/h4-9,16,25,42H,10-15,17-24H2,1-3H3,(H,52,53)(H,45,47,51)(H,54,55,56). The third kappa shape index (κ3) is 7.76. The van der Waals surface area contributed by atoms with Gasteiger partial charge in [0.15, 0.2) is 16.5 Å². The van der Waals surface area contributed by atoms with E-state index in [1.807, 2.05) is 57.5 Å². The lowest BCUT2D eigenvalue weighted by atomic mass is 9.39. The number of carbonyl (C=O) groups is 2. The van der Waals surface area contributed by atoms with Gasteiger partial charge in [0.05, 0.1) is 52.9 Å². The summed E-state index contributed by atoms with van der Waals surface area (Å²) in [6, 6.07) is 11.3. The topological polar surface area (TPSA) is 207 Å². The van der Waals surface area contributed by atoms with Crippen LogP contribution >= 0.6 is 11.3 Å². The molecule has 16 nitrogen and oxygen atoms in total. The van der Waals surface area contributed by atoms with Crippen LogP contribution in [0.15, 0.2) is 48.9 Å². The minimum Gasteiger partial charge on any atom is -0.476 e. The van der Waals surface area contributed by atoms with Crippen molar-refractivity contribution in [1.29, 1.82) is 0 Å². The molecule has 4 aliphatic carbocycles. The Labute approximate surface area is 346 Å². The second kappa shape index (κ2) is 14.5. The highest BCUT2D eigenvalue weighted by Crippen LogP contribution is 2.72. The zero-order valence-corrected chi connectivity index (χ0v) is 35.0. The van der Waals surface area contributed by atoms with Crippen molar-refractivity contribution in [2.24, 2.45) is 16.2 Å². The molecule has 59 heavy (non-hydrogen) atoms. The number of thiazole rings is 1. The first-order chi connectivity index (χ1) is 28.0. The van der Waals surface area contributed by atoms with Crippen molar-refractivity contribution in [2.75, 3.05) is 42.2 Å². The molecule has 4 bridgehead atoms. The number of carboxylic acid groups (broad SMARTS) is 1. The molecule has 312 valence electrons. The Hall–Kier alpha value is -4.75. The van der Waals surface area contributed by atoms with Crippen LogP contribution in [0.4, 0.5) is 10.9 Å². The fraction of sp³-hybridized carbons (Fsp3) is 0.512. The van der Waals surface area contributed by atoms with Gasteiger partial charge in [-0.2, -0.15) is 13.5 Å². The number of aromatic carboxylic acids is 1. The van der Waals surface area contributed by atoms with Gasteiger partial charge in [-0.1, -0.05) is 37.3 Å². The van der Waals surface area contributed by atoms with E-state index in [1.54, 1.807) is 12.5 Å². The summed E-state index contributed by atoms with van der Waals surface area (Å²) in [5.74, 6) is -1.33. The minimum absolute atomic E-state index is 0.0621. The van der Waals surface area contributed by atoms with Crippen LogP contribution in [0.5, 0.6) is 0 Å². The number of benzene rings is 1. The molecule has 18 heteroatoms. The largest absolute Gasteiger partial charge is 0.476 e. The number of carboxylic acids is 1. The van der Waals surface area contributed by atoms with Crippen molar-refractivity contribution in [3.63, 3.8) is 0 Å². The molecule has 2 unspecified atom stereocenters. The molecule has 4 fully saturated rings. The molecule has 4 aromatic heterocycles. The zero-order chi connectivity index (χ0) is 41.4. The maximum absolute atomic E-state index is 13.4. The number of nitrogens with zero attached hydrogens (tertiary/aromatic N) is 7. The second-order valence-corrected chi connectivity index (χ2v) is 20.6. The fourth-order valence-electron chi connectivity index (χ4n) is 11.7. The number of rotatable bonds is 14. The minimum atomic E-state index is -4.02. The predicted octanol–water partition coefficient (Wildman–Crippen LogP) is 5.64. The summed E-state index contributed by atoms with van der Waals surface area (Å²) in [6.45, 7) is 9.96. The van der Waals surface area contributed by atoms with Gasteiger partial charge in [-0.25, -0.2) is 19.7 Å². The Bertz CT molecular complexity index is 2530. The van der Waals surface area contributed by atoms with Crippen molar-refractivity contribution >= 4 is 54.5 Å². The number of fused-ring (bicyclic) bond motifs is 2. The maximum atomic E-state index is 13.4. The van der Waals surface area contributed by atoms with E-state index in [0.29, 0.717) is 61.5 Å². The smallest absolute Gasteiger partial charge is 0.355 e. The van der Waals surface area contributed by atoms with Crippen LogP contribution in [-0.2, 0) is 34.5 Å². The first kappa shape index (κ1) is 39.7. The quantitative estimate of drug-likeness (QED) is 0.0790. The number of pyridine rings is 1. The maximum Gasteiger partial charge on any atom is 0.355 e. The molecule has 5 aliphatic rings. The first-order valence-electron chi connectivity index (χ1n) is 20.0. The Balaban J connectivity index is 0.915. The molecule has 4 saturated carbocycles. The molecule has 1 aromatic carbocycles. The average Bonchev–Trinajstić information content (AvgIpc) is 3.86. The Morgan fingerprint density at radius 1 is 0.949 bits per heavy atom. The van der Waals surface area contributed by atoms with E-state index in [0.717, 1.165) is 60.0 Å². The van der Waals surface area contributed by atoms with Gasteiger partial charge >= 0.3 is 5.97 Å². The van der Waals surface area contributed by atoms with Crippen LogP contribution < -0.4 is 15.5 Å². The predicted molar refractivity (Wildman–Crippen MR) is 222 cm³/mol. The summed E-state index contributed by atoms with van der Waals surface area (Å²) in [7, 11) is -4.02. The van der Waals surface area contributed by atoms with E-state index in [9.17, 15) is 23.1 Å². The van der Waals surface area contributed by atoms with Gasteiger partial charge in [-0.3, -0.25) is 19.3 Å². The third-order valence-electron chi connectivity index (χ3n) is 12.8. The van der Waals surface area contributed by atoms with Crippen LogP contribution in [0.1, 0.15) is 84.7 Å². The number of aromatic nitrogens is 6. The lowest BCUT2D eigenvalue weighted by Gasteiger charge is -2.69. The molecule has 1 amide bonds. The van der Waals surface area contributed by atoms with Crippen LogP contribution in [0.3, 0.4) is 0 Å². The molecule has 1 aliphatic heterocycles. The highest BCUT2D eigenvalue weighted by atomic mass is 32.2. The number of para-hydroxylation sites is 1. The van der Waals surface area contributed by atoms with E-state index in [4.69, 9.17) is 19.4 Å². The summed E-state index contributed by atoms with van der Waals surface area (Å²) in [5.41, 5.74) is 3.68. The van der Waals surface area contributed by atoms with Crippen LogP contribution in [0.2, 0.25) is 0 Å². The molecular weight excluding hydrogens is 795 g/mol. The van der Waals surface area contributed by atoms with Crippen molar-refractivity contribution in [2.45, 2.75) is 84.5 Å². The highest BCUT2D eigenvalue weighted by molar-refractivity contribution is 7.85. The summed E-state index contributed by atoms with van der Waals surface area (Å²) in [4.78, 5) is 41.9. The molecular formula is C41H49N9O7S2. The summed E-state index contributed by atoms with van der Waals surface area (Å²) in [6.07, 6.45) is 9.50. The van der Waals surface area contributed by atoms with Crippen molar-refractivity contribution < 1.29 is 32.4 Å². The number of nitrogens with one attached hydrogen (secondary N) is 2. The van der Waals surface area contributed by atoms with Crippen LogP contribution in [0, 0.1) is 23.2 Å². The zero-order valence-electron chi connectivity index (χ0n) is 33.4. The lowest BCUT2D eigenvalue weighted by Crippen LogP contribution is -2.64. The Kier molecular flexibility index (Phi) is 9.73. The highest BCUT2D eigenvalue weighted by Gasteiger charge is 2.66.